The number of benzene rings is 1. The maximum atomic E-state index is 10.8. The van der Waals surface area contributed by atoms with Gasteiger partial charge in [-0.25, -0.2) is 0 Å². The number of aliphatic hydroxyl groups is 1. The lowest BCUT2D eigenvalue weighted by atomic mass is 10.1. The van der Waals surface area contributed by atoms with Crippen molar-refractivity contribution in [1.29, 1.82) is 0 Å². The molecule has 1 unspecified atom stereocenters. The fourth-order valence-electron chi connectivity index (χ4n) is 1.76. The first kappa shape index (κ1) is 14.1. The Morgan fingerprint density at radius 2 is 2.25 bits per heavy atom. The first-order valence-corrected chi connectivity index (χ1v) is 6.27. The molecule has 0 aliphatic heterocycles. The van der Waals surface area contributed by atoms with E-state index in [1.807, 2.05) is 13.8 Å². The molecule has 7 heteroatoms. The summed E-state index contributed by atoms with van der Waals surface area (Å²) in [4.78, 5) is 14.5. The topological polar surface area (TPSA) is 102 Å². The molecule has 0 amide bonds. The molecule has 0 bridgehead atoms. The Kier molecular flexibility index (Phi) is 4.09. The third-order valence-electron chi connectivity index (χ3n) is 3.02. The van der Waals surface area contributed by atoms with Gasteiger partial charge in [-0.15, -0.1) is 0 Å². The van der Waals surface area contributed by atoms with Gasteiger partial charge in [0.05, 0.1) is 17.4 Å². The number of nitrogens with zero attached hydrogens (tertiary/aromatic N) is 3. The molecule has 1 N–H and O–H groups in total. The van der Waals surface area contributed by atoms with Crippen LogP contribution in [0, 0.1) is 17.0 Å². The molecule has 0 aliphatic carbocycles. The maximum Gasteiger partial charge on any atom is 0.270 e. The van der Waals surface area contributed by atoms with Gasteiger partial charge in [0, 0.05) is 17.7 Å². The number of nitro groups is 1. The van der Waals surface area contributed by atoms with Gasteiger partial charge in [0.15, 0.2) is 0 Å². The average molecular weight is 277 g/mol. The Morgan fingerprint density at radius 1 is 1.50 bits per heavy atom. The van der Waals surface area contributed by atoms with Crippen LogP contribution in [0.15, 0.2) is 22.7 Å². The first-order chi connectivity index (χ1) is 9.51. The first-order valence-electron chi connectivity index (χ1n) is 6.27. The van der Waals surface area contributed by atoms with Crippen LogP contribution in [0.1, 0.15) is 24.8 Å². The molecule has 0 fully saturated rings. The summed E-state index contributed by atoms with van der Waals surface area (Å²) in [6.07, 6.45) is 0.333. The largest absolute Gasteiger partial charge is 0.393 e. The zero-order chi connectivity index (χ0) is 14.7. The number of aliphatic hydroxyl groups excluding tert-OH is 1. The summed E-state index contributed by atoms with van der Waals surface area (Å²) in [7, 11) is 0. The molecule has 2 aromatic rings. The van der Waals surface area contributed by atoms with Crippen LogP contribution in [-0.4, -0.2) is 26.3 Å². The van der Waals surface area contributed by atoms with Crippen molar-refractivity contribution >= 4 is 5.69 Å². The van der Waals surface area contributed by atoms with Crippen LogP contribution in [0.3, 0.4) is 0 Å². The van der Waals surface area contributed by atoms with Crippen LogP contribution in [0.2, 0.25) is 0 Å². The third-order valence-corrected chi connectivity index (χ3v) is 3.02. The standard InChI is InChI=1S/C13H15N3O4/c1-3-10(17)7-12-14-13(15-20-12)11-6-9(16(18)19)5-4-8(11)2/h4-6,10,17H,3,7H2,1-2H3. The molecule has 0 spiro atoms. The zero-order valence-electron chi connectivity index (χ0n) is 11.2. The van der Waals surface area contributed by atoms with Crippen molar-refractivity contribution in [3.8, 4) is 11.4 Å². The minimum atomic E-state index is -0.533. The Labute approximate surface area is 115 Å². The summed E-state index contributed by atoms with van der Waals surface area (Å²) < 4.78 is 5.06. The van der Waals surface area contributed by atoms with Gasteiger partial charge in [-0.05, 0) is 18.9 Å². The molecule has 0 radical (unpaired) electrons. The highest BCUT2D eigenvalue weighted by Gasteiger charge is 2.16. The molecule has 106 valence electrons. The summed E-state index contributed by atoms with van der Waals surface area (Å²) in [6, 6.07) is 4.49. The minimum Gasteiger partial charge on any atom is -0.393 e. The van der Waals surface area contributed by atoms with E-state index in [-0.39, 0.29) is 12.1 Å². The van der Waals surface area contributed by atoms with Crippen molar-refractivity contribution < 1.29 is 14.6 Å². The second-order valence-corrected chi connectivity index (χ2v) is 4.53. The summed E-state index contributed by atoms with van der Waals surface area (Å²) >= 11 is 0. The van der Waals surface area contributed by atoms with Crippen LogP contribution in [0.25, 0.3) is 11.4 Å². The second-order valence-electron chi connectivity index (χ2n) is 4.53. The number of non-ortho nitro benzene ring substituents is 1. The Hall–Kier alpha value is -2.28. The van der Waals surface area contributed by atoms with Crippen molar-refractivity contribution in [1.82, 2.24) is 10.1 Å². The Balaban J connectivity index is 2.32. The summed E-state index contributed by atoms with van der Waals surface area (Å²) in [5.74, 6) is 0.616. The number of hydrogen-bond donors (Lipinski definition) is 1. The molecule has 7 nitrogen and oxygen atoms in total. The maximum absolute atomic E-state index is 10.8. The predicted octanol–water partition coefficient (Wildman–Crippen LogP) is 2.27. The van der Waals surface area contributed by atoms with Gasteiger partial charge >= 0.3 is 0 Å². The van der Waals surface area contributed by atoms with Gasteiger partial charge in [-0.3, -0.25) is 10.1 Å². The normalized spacial score (nSPS) is 12.3. The summed E-state index contributed by atoms with van der Waals surface area (Å²) in [5.41, 5.74) is 1.35. The lowest BCUT2D eigenvalue weighted by Crippen LogP contribution is -2.08. The lowest BCUT2D eigenvalue weighted by Gasteiger charge is -2.02. The molecule has 0 aliphatic rings. The molecule has 2 rings (SSSR count). The Morgan fingerprint density at radius 3 is 2.90 bits per heavy atom. The van der Waals surface area contributed by atoms with Gasteiger partial charge in [0.25, 0.3) is 5.69 Å². The van der Waals surface area contributed by atoms with Crippen molar-refractivity contribution in [2.75, 3.05) is 0 Å². The van der Waals surface area contributed by atoms with Gasteiger partial charge in [-0.2, -0.15) is 4.98 Å². The van der Waals surface area contributed by atoms with E-state index in [9.17, 15) is 15.2 Å². The number of aryl methyl sites for hydroxylation is 1. The number of hydrogen-bond acceptors (Lipinski definition) is 6. The number of rotatable bonds is 5. The summed E-state index contributed by atoms with van der Waals surface area (Å²) in [6.45, 7) is 3.67. The van der Waals surface area contributed by atoms with E-state index in [1.165, 1.54) is 12.1 Å². The van der Waals surface area contributed by atoms with Crippen LogP contribution in [0.4, 0.5) is 5.69 Å². The lowest BCUT2D eigenvalue weighted by molar-refractivity contribution is -0.384. The SMILES string of the molecule is CCC(O)Cc1nc(-c2cc([N+](=O)[O-])ccc2C)no1. The van der Waals surface area contributed by atoms with E-state index in [0.717, 1.165) is 5.56 Å². The van der Waals surface area contributed by atoms with Gasteiger partial charge < -0.3 is 9.63 Å². The average Bonchev–Trinajstić information content (AvgIpc) is 2.87. The molecular formula is C13H15N3O4. The van der Waals surface area contributed by atoms with Crippen molar-refractivity contribution in [3.05, 3.63) is 39.8 Å². The van der Waals surface area contributed by atoms with Crippen molar-refractivity contribution in [2.45, 2.75) is 32.8 Å². The van der Waals surface area contributed by atoms with Crippen LogP contribution >= 0.6 is 0 Å². The van der Waals surface area contributed by atoms with Gasteiger partial charge in [-0.1, -0.05) is 18.1 Å². The van der Waals surface area contributed by atoms with Crippen LogP contribution in [0.5, 0.6) is 0 Å². The van der Waals surface area contributed by atoms with E-state index in [1.54, 1.807) is 6.07 Å². The molecule has 1 heterocycles. The monoisotopic (exact) mass is 277 g/mol. The molecule has 1 aromatic carbocycles. The highest BCUT2D eigenvalue weighted by molar-refractivity contribution is 5.63. The molecule has 1 aromatic heterocycles. The van der Waals surface area contributed by atoms with Crippen LogP contribution in [-0.2, 0) is 6.42 Å². The van der Waals surface area contributed by atoms with Crippen molar-refractivity contribution in [3.63, 3.8) is 0 Å². The number of nitro benzene ring substituents is 1. The van der Waals surface area contributed by atoms with Gasteiger partial charge in [0.1, 0.15) is 0 Å². The van der Waals surface area contributed by atoms with E-state index < -0.39 is 11.0 Å². The highest BCUT2D eigenvalue weighted by atomic mass is 16.6. The van der Waals surface area contributed by atoms with E-state index in [0.29, 0.717) is 23.7 Å². The molecular weight excluding hydrogens is 262 g/mol. The predicted molar refractivity (Wildman–Crippen MR) is 71.1 cm³/mol. The highest BCUT2D eigenvalue weighted by Crippen LogP contribution is 2.25. The quantitative estimate of drug-likeness (QED) is 0.664. The van der Waals surface area contributed by atoms with Crippen molar-refractivity contribution in [2.24, 2.45) is 0 Å². The summed E-state index contributed by atoms with van der Waals surface area (Å²) in [5, 5.41) is 24.2. The molecule has 1 atom stereocenters. The van der Waals surface area contributed by atoms with Crippen LogP contribution < -0.4 is 0 Å². The van der Waals surface area contributed by atoms with E-state index >= 15 is 0 Å². The number of aromatic nitrogens is 2. The molecule has 0 saturated heterocycles. The Bertz CT molecular complexity index is 624. The molecule has 20 heavy (non-hydrogen) atoms. The van der Waals surface area contributed by atoms with Gasteiger partial charge in [0.2, 0.25) is 11.7 Å². The third kappa shape index (κ3) is 3.00. The fourth-order valence-corrected chi connectivity index (χ4v) is 1.76. The fraction of sp³-hybridized carbons (Fsp3) is 0.385. The van der Waals surface area contributed by atoms with E-state index in [4.69, 9.17) is 4.52 Å². The zero-order valence-corrected chi connectivity index (χ0v) is 11.2. The second kappa shape index (κ2) is 5.79. The minimum absolute atomic E-state index is 0.0226. The smallest absolute Gasteiger partial charge is 0.270 e. The van der Waals surface area contributed by atoms with E-state index in [2.05, 4.69) is 10.1 Å². The molecule has 0 saturated carbocycles.